The lowest BCUT2D eigenvalue weighted by Crippen LogP contribution is -2.36. The van der Waals surface area contributed by atoms with Gasteiger partial charge in [0.2, 0.25) is 5.91 Å². The number of alkyl halides is 3. The molecule has 1 unspecified atom stereocenters. The molecule has 21 heavy (non-hydrogen) atoms. The number of carbonyl (C=O) groups excluding carboxylic acids is 1. The molecule has 1 aliphatic rings. The maximum absolute atomic E-state index is 12.9. The van der Waals surface area contributed by atoms with Crippen molar-refractivity contribution in [3.8, 4) is 6.07 Å². The van der Waals surface area contributed by atoms with Crippen molar-refractivity contribution in [2.45, 2.75) is 43.8 Å². The molecule has 1 saturated carbocycles. The average Bonchev–Trinajstić information content (AvgIpc) is 3.17. The molecule has 6 heteroatoms. The van der Waals surface area contributed by atoms with Gasteiger partial charge < -0.3 is 5.32 Å². The predicted molar refractivity (Wildman–Crippen MR) is 70.2 cm³/mol. The molecule has 112 valence electrons. The van der Waals surface area contributed by atoms with E-state index in [9.17, 15) is 18.0 Å². The minimum atomic E-state index is -4.44. The fourth-order valence-corrected chi connectivity index (χ4v) is 2.28. The number of rotatable bonds is 4. The highest BCUT2D eigenvalue weighted by Crippen LogP contribution is 2.37. The van der Waals surface area contributed by atoms with Gasteiger partial charge >= 0.3 is 6.18 Å². The molecular formula is C15H15F3N2O. The highest BCUT2D eigenvalue weighted by atomic mass is 19.4. The zero-order valence-electron chi connectivity index (χ0n) is 11.5. The fourth-order valence-electron chi connectivity index (χ4n) is 2.28. The summed E-state index contributed by atoms with van der Waals surface area (Å²) in [5, 5.41) is 11.5. The molecule has 1 aromatic carbocycles. The molecule has 2 rings (SSSR count). The normalized spacial score (nSPS) is 17.7. The fraction of sp³-hybridized carbons (Fsp3) is 0.467. The van der Waals surface area contributed by atoms with Gasteiger partial charge in [0, 0.05) is 6.42 Å². The van der Waals surface area contributed by atoms with Crippen LogP contribution in [0.5, 0.6) is 0 Å². The average molecular weight is 296 g/mol. The summed E-state index contributed by atoms with van der Waals surface area (Å²) in [4.78, 5) is 11.9. The quantitative estimate of drug-likeness (QED) is 0.926. The van der Waals surface area contributed by atoms with Crippen molar-refractivity contribution in [1.29, 1.82) is 5.26 Å². The van der Waals surface area contributed by atoms with Crippen molar-refractivity contribution in [3.05, 3.63) is 35.4 Å². The first-order chi connectivity index (χ1) is 9.77. The van der Waals surface area contributed by atoms with Crippen molar-refractivity contribution in [2.24, 2.45) is 0 Å². The van der Waals surface area contributed by atoms with Gasteiger partial charge in [0.1, 0.15) is 5.54 Å². The number of amides is 1. The van der Waals surface area contributed by atoms with Gasteiger partial charge in [-0.25, -0.2) is 0 Å². The second-order valence-electron chi connectivity index (χ2n) is 5.43. The molecule has 3 nitrogen and oxygen atoms in total. The van der Waals surface area contributed by atoms with E-state index in [1.54, 1.807) is 6.92 Å². The number of halogens is 3. The summed E-state index contributed by atoms with van der Waals surface area (Å²) in [6.07, 6.45) is -3.31. The first kappa shape index (κ1) is 15.4. The van der Waals surface area contributed by atoms with Crippen molar-refractivity contribution >= 4 is 5.91 Å². The van der Waals surface area contributed by atoms with E-state index in [0.717, 1.165) is 6.07 Å². The summed E-state index contributed by atoms with van der Waals surface area (Å²) in [5.74, 6) is -0.962. The van der Waals surface area contributed by atoms with Crippen LogP contribution in [0.15, 0.2) is 24.3 Å². The second-order valence-corrected chi connectivity index (χ2v) is 5.43. The van der Waals surface area contributed by atoms with Gasteiger partial charge in [0.15, 0.2) is 0 Å². The molecule has 0 aromatic heterocycles. The molecule has 0 radical (unpaired) electrons. The maximum Gasteiger partial charge on any atom is 0.416 e. The Morgan fingerprint density at radius 2 is 2.05 bits per heavy atom. The standard InChI is InChI=1S/C15H15F3N2O/c1-10(8-13(21)20-14(9-19)6-7-14)11-4-2-3-5-12(11)15(16,17)18/h2-5,10H,6-8H2,1H3,(H,20,21). The summed E-state index contributed by atoms with van der Waals surface area (Å²) in [5.41, 5.74) is -1.41. The highest BCUT2D eigenvalue weighted by Gasteiger charge is 2.44. The Labute approximate surface area is 120 Å². The molecule has 1 atom stereocenters. The van der Waals surface area contributed by atoms with Crippen molar-refractivity contribution in [2.75, 3.05) is 0 Å². The van der Waals surface area contributed by atoms with Crippen LogP contribution in [0.1, 0.15) is 43.2 Å². The predicted octanol–water partition coefficient (Wildman–Crippen LogP) is 3.37. The van der Waals surface area contributed by atoms with E-state index in [2.05, 4.69) is 5.32 Å². The number of hydrogen-bond acceptors (Lipinski definition) is 2. The van der Waals surface area contributed by atoms with Crippen LogP contribution in [0, 0.1) is 11.3 Å². The van der Waals surface area contributed by atoms with Crippen LogP contribution in [-0.4, -0.2) is 11.4 Å². The lowest BCUT2D eigenvalue weighted by atomic mass is 9.92. The Kier molecular flexibility index (Phi) is 3.95. The number of carbonyl (C=O) groups is 1. The molecule has 1 amide bonds. The molecule has 1 aromatic rings. The van der Waals surface area contributed by atoms with E-state index >= 15 is 0 Å². The van der Waals surface area contributed by atoms with E-state index in [4.69, 9.17) is 5.26 Å². The zero-order chi connectivity index (χ0) is 15.7. The minimum Gasteiger partial charge on any atom is -0.338 e. The van der Waals surface area contributed by atoms with Gasteiger partial charge in [-0.2, -0.15) is 18.4 Å². The maximum atomic E-state index is 12.9. The number of nitrogens with one attached hydrogen (secondary N) is 1. The third-order valence-electron chi connectivity index (χ3n) is 3.63. The first-order valence-corrected chi connectivity index (χ1v) is 6.66. The van der Waals surface area contributed by atoms with Crippen LogP contribution in [0.25, 0.3) is 0 Å². The monoisotopic (exact) mass is 296 g/mol. The Morgan fingerprint density at radius 1 is 1.43 bits per heavy atom. The molecule has 0 bridgehead atoms. The molecule has 1 aliphatic carbocycles. The largest absolute Gasteiger partial charge is 0.416 e. The highest BCUT2D eigenvalue weighted by molar-refractivity contribution is 5.78. The van der Waals surface area contributed by atoms with Gasteiger partial charge in [-0.3, -0.25) is 4.79 Å². The Hall–Kier alpha value is -2.03. The summed E-state index contributed by atoms with van der Waals surface area (Å²) in [6.45, 7) is 1.58. The molecule has 0 aliphatic heterocycles. The summed E-state index contributed by atoms with van der Waals surface area (Å²) >= 11 is 0. The van der Waals surface area contributed by atoms with Crippen molar-refractivity contribution < 1.29 is 18.0 Å². The van der Waals surface area contributed by atoms with Gasteiger partial charge in [-0.1, -0.05) is 25.1 Å². The molecule has 1 N–H and O–H groups in total. The van der Waals surface area contributed by atoms with E-state index in [1.807, 2.05) is 6.07 Å². The Balaban J connectivity index is 2.09. The topological polar surface area (TPSA) is 52.9 Å². The van der Waals surface area contributed by atoms with Gasteiger partial charge in [0.25, 0.3) is 0 Å². The third-order valence-corrected chi connectivity index (χ3v) is 3.63. The molecular weight excluding hydrogens is 281 g/mol. The second kappa shape index (κ2) is 5.40. The van der Waals surface area contributed by atoms with Crippen LogP contribution in [0.2, 0.25) is 0 Å². The molecule has 1 fully saturated rings. The molecule has 0 spiro atoms. The lowest BCUT2D eigenvalue weighted by molar-refractivity contribution is -0.138. The van der Waals surface area contributed by atoms with E-state index in [0.29, 0.717) is 12.8 Å². The van der Waals surface area contributed by atoms with Crippen LogP contribution in [-0.2, 0) is 11.0 Å². The van der Waals surface area contributed by atoms with Gasteiger partial charge in [-0.05, 0) is 30.4 Å². The van der Waals surface area contributed by atoms with Crippen LogP contribution in [0.3, 0.4) is 0 Å². The van der Waals surface area contributed by atoms with E-state index in [-0.39, 0.29) is 12.0 Å². The van der Waals surface area contributed by atoms with Crippen LogP contribution >= 0.6 is 0 Å². The van der Waals surface area contributed by atoms with Crippen molar-refractivity contribution in [3.63, 3.8) is 0 Å². The summed E-state index contributed by atoms with van der Waals surface area (Å²) in [6, 6.07) is 7.27. The summed E-state index contributed by atoms with van der Waals surface area (Å²) in [7, 11) is 0. The minimum absolute atomic E-state index is 0.0729. The first-order valence-electron chi connectivity index (χ1n) is 6.66. The SMILES string of the molecule is CC(CC(=O)NC1(C#N)CC1)c1ccccc1C(F)(F)F. The van der Waals surface area contributed by atoms with Crippen LogP contribution < -0.4 is 5.32 Å². The van der Waals surface area contributed by atoms with Gasteiger partial charge in [-0.15, -0.1) is 0 Å². The number of hydrogen-bond donors (Lipinski definition) is 1. The Morgan fingerprint density at radius 3 is 2.57 bits per heavy atom. The zero-order valence-corrected chi connectivity index (χ0v) is 11.5. The van der Waals surface area contributed by atoms with E-state index in [1.165, 1.54) is 18.2 Å². The number of nitrogens with zero attached hydrogens (tertiary/aromatic N) is 1. The van der Waals surface area contributed by atoms with Crippen molar-refractivity contribution in [1.82, 2.24) is 5.32 Å². The number of nitriles is 1. The lowest BCUT2D eigenvalue weighted by Gasteiger charge is -2.18. The molecule has 0 saturated heterocycles. The smallest absolute Gasteiger partial charge is 0.338 e. The third kappa shape index (κ3) is 3.54. The van der Waals surface area contributed by atoms with Gasteiger partial charge in [0.05, 0.1) is 11.6 Å². The van der Waals surface area contributed by atoms with Crippen LogP contribution in [0.4, 0.5) is 13.2 Å². The Bertz CT molecular complexity index is 585. The van der Waals surface area contributed by atoms with E-state index < -0.39 is 29.1 Å². The number of benzene rings is 1. The summed E-state index contributed by atoms with van der Waals surface area (Å²) < 4.78 is 38.8. The molecule has 0 heterocycles.